The quantitative estimate of drug-likeness (QED) is 0.873. The summed E-state index contributed by atoms with van der Waals surface area (Å²) in [6.45, 7) is 2.90. The van der Waals surface area contributed by atoms with Gasteiger partial charge in [0.1, 0.15) is 0 Å². The molecule has 1 aliphatic rings. The van der Waals surface area contributed by atoms with E-state index in [0.717, 1.165) is 30.5 Å². The van der Waals surface area contributed by atoms with Crippen molar-refractivity contribution in [3.05, 3.63) is 22.2 Å². The number of hydrogen-bond donors (Lipinski definition) is 2. The number of hydrogen-bond acceptors (Lipinski definition) is 3. The maximum atomic E-state index is 10.1. The lowest BCUT2D eigenvalue weighted by Crippen LogP contribution is -2.23. The Morgan fingerprint density at radius 1 is 1.59 bits per heavy atom. The van der Waals surface area contributed by atoms with Gasteiger partial charge in [0.2, 0.25) is 0 Å². The van der Waals surface area contributed by atoms with Crippen LogP contribution in [0.3, 0.4) is 0 Å². The second kappa shape index (κ2) is 5.15. The molecule has 3 nitrogen and oxygen atoms in total. The SMILES string of the molecule is COc1c(C)c(Cl)cc(CC2CCCN2)c1O. The summed E-state index contributed by atoms with van der Waals surface area (Å²) in [6, 6.07) is 2.28. The molecule has 94 valence electrons. The van der Waals surface area contributed by atoms with E-state index in [-0.39, 0.29) is 5.75 Å². The molecular weight excluding hydrogens is 238 g/mol. The summed E-state index contributed by atoms with van der Waals surface area (Å²) >= 11 is 6.14. The van der Waals surface area contributed by atoms with E-state index in [0.29, 0.717) is 16.8 Å². The summed E-state index contributed by atoms with van der Waals surface area (Å²) in [5.41, 5.74) is 1.65. The minimum atomic E-state index is 0.225. The van der Waals surface area contributed by atoms with Crippen LogP contribution >= 0.6 is 11.6 Å². The molecule has 1 saturated heterocycles. The Morgan fingerprint density at radius 3 is 2.94 bits per heavy atom. The number of nitrogens with one attached hydrogen (secondary N) is 1. The molecule has 0 amide bonds. The molecule has 2 N–H and O–H groups in total. The van der Waals surface area contributed by atoms with Crippen molar-refractivity contribution < 1.29 is 9.84 Å². The number of methoxy groups -OCH3 is 1. The van der Waals surface area contributed by atoms with Gasteiger partial charge in [-0.15, -0.1) is 0 Å². The third-order valence-electron chi connectivity index (χ3n) is 3.35. The van der Waals surface area contributed by atoms with Gasteiger partial charge in [0.05, 0.1) is 7.11 Å². The predicted molar refractivity (Wildman–Crippen MR) is 69.1 cm³/mol. The first-order valence-electron chi connectivity index (χ1n) is 5.91. The lowest BCUT2D eigenvalue weighted by Gasteiger charge is -2.16. The fraction of sp³-hybridized carbons (Fsp3) is 0.538. The second-order valence-electron chi connectivity index (χ2n) is 4.52. The summed E-state index contributed by atoms with van der Waals surface area (Å²) in [6.07, 6.45) is 3.14. The van der Waals surface area contributed by atoms with Crippen LogP contribution in [0.1, 0.15) is 24.0 Å². The standard InChI is InChI=1S/C13H18ClNO2/c1-8-11(14)7-9(12(16)13(8)17-2)6-10-4-3-5-15-10/h7,10,15-16H,3-6H2,1-2H3. The first-order valence-corrected chi connectivity index (χ1v) is 6.29. The number of benzene rings is 1. The Bertz CT molecular complexity index is 414. The molecule has 0 aliphatic carbocycles. The summed E-state index contributed by atoms with van der Waals surface area (Å²) in [7, 11) is 1.55. The molecule has 1 fully saturated rings. The average Bonchev–Trinajstić information content (AvgIpc) is 2.79. The van der Waals surface area contributed by atoms with E-state index in [1.165, 1.54) is 6.42 Å². The summed E-state index contributed by atoms with van der Waals surface area (Å²) < 4.78 is 5.21. The number of phenolic OH excluding ortho intramolecular Hbond substituents is 1. The van der Waals surface area contributed by atoms with Gasteiger partial charge in [-0.1, -0.05) is 11.6 Å². The molecule has 1 aromatic carbocycles. The van der Waals surface area contributed by atoms with Crippen LogP contribution in [0.2, 0.25) is 5.02 Å². The van der Waals surface area contributed by atoms with Gasteiger partial charge in [0.25, 0.3) is 0 Å². The number of rotatable bonds is 3. The van der Waals surface area contributed by atoms with Crippen LogP contribution in [-0.2, 0) is 6.42 Å². The van der Waals surface area contributed by atoms with E-state index in [4.69, 9.17) is 16.3 Å². The second-order valence-corrected chi connectivity index (χ2v) is 4.93. The molecular formula is C13H18ClNO2. The van der Waals surface area contributed by atoms with Gasteiger partial charge in [0.15, 0.2) is 11.5 Å². The van der Waals surface area contributed by atoms with Crippen LogP contribution in [0, 0.1) is 6.92 Å². The van der Waals surface area contributed by atoms with Crippen LogP contribution in [0.5, 0.6) is 11.5 Å². The van der Waals surface area contributed by atoms with Crippen LogP contribution in [-0.4, -0.2) is 24.8 Å². The molecule has 1 atom stereocenters. The highest BCUT2D eigenvalue weighted by atomic mass is 35.5. The van der Waals surface area contributed by atoms with Gasteiger partial charge >= 0.3 is 0 Å². The number of ether oxygens (including phenoxy) is 1. The monoisotopic (exact) mass is 255 g/mol. The lowest BCUT2D eigenvalue weighted by molar-refractivity contribution is 0.367. The molecule has 1 heterocycles. The fourth-order valence-electron chi connectivity index (χ4n) is 2.36. The minimum Gasteiger partial charge on any atom is -0.504 e. The zero-order valence-corrected chi connectivity index (χ0v) is 11.0. The predicted octanol–water partition coefficient (Wildman–Crippen LogP) is 2.66. The van der Waals surface area contributed by atoms with Crippen LogP contribution in [0.25, 0.3) is 0 Å². The Hall–Kier alpha value is -0.930. The van der Waals surface area contributed by atoms with Crippen molar-refractivity contribution in [2.75, 3.05) is 13.7 Å². The van der Waals surface area contributed by atoms with Gasteiger partial charge in [-0.05, 0) is 38.8 Å². The number of halogens is 1. The lowest BCUT2D eigenvalue weighted by atomic mass is 10.0. The van der Waals surface area contributed by atoms with E-state index in [9.17, 15) is 5.11 Å². The molecule has 1 aliphatic heterocycles. The Labute approximate surface area is 107 Å². The van der Waals surface area contributed by atoms with Gasteiger partial charge in [-0.2, -0.15) is 0 Å². The summed E-state index contributed by atoms with van der Waals surface area (Å²) in [5.74, 6) is 0.716. The molecule has 0 bridgehead atoms. The largest absolute Gasteiger partial charge is 0.504 e. The Morgan fingerprint density at radius 2 is 2.35 bits per heavy atom. The van der Waals surface area contributed by atoms with E-state index in [2.05, 4.69) is 5.32 Å². The Balaban J connectivity index is 2.30. The van der Waals surface area contributed by atoms with Gasteiger partial charge in [-0.3, -0.25) is 0 Å². The maximum Gasteiger partial charge on any atom is 0.165 e. The van der Waals surface area contributed by atoms with E-state index in [1.807, 2.05) is 13.0 Å². The van der Waals surface area contributed by atoms with Crippen molar-refractivity contribution in [1.82, 2.24) is 5.32 Å². The molecule has 0 aromatic heterocycles. The summed E-state index contributed by atoms with van der Waals surface area (Å²) in [5, 5.41) is 14.2. The normalized spacial score (nSPS) is 19.6. The molecule has 0 radical (unpaired) electrons. The average molecular weight is 256 g/mol. The third kappa shape index (κ3) is 2.50. The van der Waals surface area contributed by atoms with Crippen LogP contribution in [0.4, 0.5) is 0 Å². The van der Waals surface area contributed by atoms with E-state index >= 15 is 0 Å². The molecule has 0 saturated carbocycles. The van der Waals surface area contributed by atoms with Gasteiger partial charge in [-0.25, -0.2) is 0 Å². The third-order valence-corrected chi connectivity index (χ3v) is 3.74. The van der Waals surface area contributed by atoms with Crippen molar-refractivity contribution in [2.45, 2.75) is 32.2 Å². The van der Waals surface area contributed by atoms with Crippen molar-refractivity contribution >= 4 is 11.6 Å². The molecule has 17 heavy (non-hydrogen) atoms. The highest BCUT2D eigenvalue weighted by Gasteiger charge is 2.20. The molecule has 0 spiro atoms. The number of phenols is 1. The first kappa shape index (κ1) is 12.5. The summed E-state index contributed by atoms with van der Waals surface area (Å²) in [4.78, 5) is 0. The topological polar surface area (TPSA) is 41.5 Å². The molecule has 1 aromatic rings. The fourth-order valence-corrected chi connectivity index (χ4v) is 2.58. The zero-order chi connectivity index (χ0) is 12.4. The minimum absolute atomic E-state index is 0.225. The van der Waals surface area contributed by atoms with Crippen molar-refractivity contribution in [2.24, 2.45) is 0 Å². The van der Waals surface area contributed by atoms with Crippen molar-refractivity contribution in [1.29, 1.82) is 0 Å². The van der Waals surface area contributed by atoms with Gasteiger partial charge in [0, 0.05) is 22.2 Å². The van der Waals surface area contributed by atoms with Gasteiger partial charge < -0.3 is 15.2 Å². The Kier molecular flexibility index (Phi) is 3.79. The van der Waals surface area contributed by atoms with E-state index in [1.54, 1.807) is 7.11 Å². The van der Waals surface area contributed by atoms with Crippen molar-refractivity contribution in [3.63, 3.8) is 0 Å². The van der Waals surface area contributed by atoms with Crippen LogP contribution < -0.4 is 10.1 Å². The van der Waals surface area contributed by atoms with E-state index < -0.39 is 0 Å². The highest BCUT2D eigenvalue weighted by molar-refractivity contribution is 6.31. The van der Waals surface area contributed by atoms with Crippen LogP contribution in [0.15, 0.2) is 6.07 Å². The molecule has 2 rings (SSSR count). The van der Waals surface area contributed by atoms with Crippen molar-refractivity contribution in [3.8, 4) is 11.5 Å². The highest BCUT2D eigenvalue weighted by Crippen LogP contribution is 2.38. The smallest absolute Gasteiger partial charge is 0.165 e. The molecule has 4 heteroatoms. The number of aromatic hydroxyl groups is 1. The first-order chi connectivity index (χ1) is 8.13. The zero-order valence-electron chi connectivity index (χ0n) is 10.2. The molecule has 1 unspecified atom stereocenters. The maximum absolute atomic E-state index is 10.1.